The van der Waals surface area contributed by atoms with Gasteiger partial charge in [0.15, 0.2) is 0 Å². The highest BCUT2D eigenvalue weighted by molar-refractivity contribution is 5.71. The number of carbonyl (C=O) groups excluding carboxylic acids is 2. The maximum Gasteiger partial charge on any atom is 0.410 e. The zero-order valence-electron chi connectivity index (χ0n) is 17.7. The van der Waals surface area contributed by atoms with Gasteiger partial charge in [-0.3, -0.25) is 4.90 Å². The molecule has 1 aromatic rings. The number of aliphatic hydroxyl groups is 1. The molecule has 0 spiro atoms. The van der Waals surface area contributed by atoms with Crippen LogP contribution in [0.4, 0.5) is 9.59 Å². The minimum atomic E-state index is -0.606. The molecule has 0 unspecified atom stereocenters. The summed E-state index contributed by atoms with van der Waals surface area (Å²) in [7, 11) is 0. The summed E-state index contributed by atoms with van der Waals surface area (Å²) in [6.07, 6.45) is -0.805. The van der Waals surface area contributed by atoms with Gasteiger partial charge in [-0.15, -0.1) is 0 Å². The van der Waals surface area contributed by atoms with Crippen LogP contribution >= 0.6 is 0 Å². The van der Waals surface area contributed by atoms with Gasteiger partial charge in [0.25, 0.3) is 0 Å². The van der Waals surface area contributed by atoms with Crippen molar-refractivity contribution >= 4 is 12.2 Å². The highest BCUT2D eigenvalue weighted by Gasteiger charge is 2.37. The number of aliphatic hydroxyl groups excluding tert-OH is 1. The van der Waals surface area contributed by atoms with Crippen molar-refractivity contribution in [2.75, 3.05) is 19.6 Å². The summed E-state index contributed by atoms with van der Waals surface area (Å²) < 4.78 is 11.1. The highest BCUT2D eigenvalue weighted by Crippen LogP contribution is 2.28. The van der Waals surface area contributed by atoms with E-state index in [0.717, 1.165) is 11.1 Å². The number of rotatable bonds is 2. The van der Waals surface area contributed by atoms with Crippen molar-refractivity contribution in [1.29, 1.82) is 0 Å². The Labute approximate surface area is 167 Å². The molecule has 2 rings (SSSR count). The third kappa shape index (κ3) is 6.12. The molecule has 0 radical (unpaired) electrons. The van der Waals surface area contributed by atoms with Gasteiger partial charge < -0.3 is 19.5 Å². The Morgan fingerprint density at radius 2 is 1.50 bits per heavy atom. The second-order valence-corrected chi connectivity index (χ2v) is 9.02. The lowest BCUT2D eigenvalue weighted by Crippen LogP contribution is -2.54. The number of piperazine rings is 1. The predicted octanol–water partition coefficient (Wildman–Crippen LogP) is 3.71. The van der Waals surface area contributed by atoms with Crippen LogP contribution in [0.2, 0.25) is 0 Å². The Morgan fingerprint density at radius 3 is 2.00 bits per heavy atom. The van der Waals surface area contributed by atoms with Crippen molar-refractivity contribution < 1.29 is 24.2 Å². The Balaban J connectivity index is 2.25. The van der Waals surface area contributed by atoms with E-state index in [2.05, 4.69) is 0 Å². The summed E-state index contributed by atoms with van der Waals surface area (Å²) >= 11 is 0. The standard InChI is InChI=1S/C21H32N2O5/c1-20(2,3)27-18(25)22-11-12-23(19(26)28-21(4,5)6)17(13-22)16-9-7-15(14-24)8-10-16/h7-10,17,24H,11-14H2,1-6H3/t17-/m0/s1. The molecule has 2 amide bonds. The first-order valence-electron chi connectivity index (χ1n) is 9.57. The Morgan fingerprint density at radius 1 is 0.964 bits per heavy atom. The van der Waals surface area contributed by atoms with Gasteiger partial charge in [-0.25, -0.2) is 9.59 Å². The first-order chi connectivity index (χ1) is 12.9. The molecule has 0 saturated carbocycles. The van der Waals surface area contributed by atoms with Crippen molar-refractivity contribution in [3.8, 4) is 0 Å². The summed E-state index contributed by atoms with van der Waals surface area (Å²) in [4.78, 5) is 28.6. The molecule has 1 saturated heterocycles. The van der Waals surface area contributed by atoms with Gasteiger partial charge in [0.05, 0.1) is 12.6 Å². The lowest BCUT2D eigenvalue weighted by molar-refractivity contribution is -0.0152. The Kier molecular flexibility index (Phi) is 6.59. The zero-order valence-corrected chi connectivity index (χ0v) is 17.7. The largest absolute Gasteiger partial charge is 0.444 e. The van der Waals surface area contributed by atoms with Gasteiger partial charge in [-0.05, 0) is 52.7 Å². The molecule has 1 aliphatic rings. The molecule has 156 valence electrons. The van der Waals surface area contributed by atoms with Crippen LogP contribution in [0.1, 0.15) is 58.7 Å². The van der Waals surface area contributed by atoms with Crippen molar-refractivity contribution in [3.05, 3.63) is 35.4 Å². The third-order valence-corrected chi connectivity index (χ3v) is 4.21. The molecule has 1 N–H and O–H groups in total. The molecule has 1 aliphatic heterocycles. The monoisotopic (exact) mass is 392 g/mol. The van der Waals surface area contributed by atoms with Crippen LogP contribution in [0.15, 0.2) is 24.3 Å². The van der Waals surface area contributed by atoms with Crippen LogP contribution < -0.4 is 0 Å². The lowest BCUT2D eigenvalue weighted by atomic mass is 10.0. The molecular formula is C21H32N2O5. The smallest absolute Gasteiger partial charge is 0.410 e. The van der Waals surface area contributed by atoms with Gasteiger partial charge in [-0.2, -0.15) is 0 Å². The molecule has 1 aromatic carbocycles. The van der Waals surface area contributed by atoms with Crippen LogP contribution in [0.3, 0.4) is 0 Å². The number of nitrogens with zero attached hydrogens (tertiary/aromatic N) is 2. The van der Waals surface area contributed by atoms with Crippen molar-refractivity contribution in [2.24, 2.45) is 0 Å². The van der Waals surface area contributed by atoms with E-state index < -0.39 is 23.4 Å². The van der Waals surface area contributed by atoms with Crippen molar-refractivity contribution in [1.82, 2.24) is 9.80 Å². The molecule has 1 fully saturated rings. The van der Waals surface area contributed by atoms with Crippen LogP contribution in [0.5, 0.6) is 0 Å². The first-order valence-corrected chi connectivity index (χ1v) is 9.57. The molecule has 7 nitrogen and oxygen atoms in total. The number of hydrogen-bond acceptors (Lipinski definition) is 5. The molecule has 1 atom stereocenters. The van der Waals surface area contributed by atoms with Crippen LogP contribution in [-0.2, 0) is 16.1 Å². The lowest BCUT2D eigenvalue weighted by Gasteiger charge is -2.42. The average Bonchev–Trinajstić information content (AvgIpc) is 2.58. The fraction of sp³-hybridized carbons (Fsp3) is 0.619. The molecule has 0 aromatic heterocycles. The Hall–Kier alpha value is -2.28. The second-order valence-electron chi connectivity index (χ2n) is 9.02. The maximum absolute atomic E-state index is 12.8. The van der Waals surface area contributed by atoms with E-state index >= 15 is 0 Å². The summed E-state index contributed by atoms with van der Waals surface area (Å²) in [6, 6.07) is 7.01. The van der Waals surface area contributed by atoms with Crippen LogP contribution in [-0.4, -0.2) is 57.9 Å². The van der Waals surface area contributed by atoms with Gasteiger partial charge in [0.1, 0.15) is 11.2 Å². The number of amides is 2. The molecule has 7 heteroatoms. The van der Waals surface area contributed by atoms with Crippen molar-refractivity contribution in [3.63, 3.8) is 0 Å². The van der Waals surface area contributed by atoms with E-state index in [1.54, 1.807) is 9.80 Å². The summed E-state index contributed by atoms with van der Waals surface area (Å²) in [5.74, 6) is 0. The number of hydrogen-bond donors (Lipinski definition) is 1. The first kappa shape index (κ1) is 22.0. The molecule has 28 heavy (non-hydrogen) atoms. The topological polar surface area (TPSA) is 79.3 Å². The summed E-state index contributed by atoms with van der Waals surface area (Å²) in [5, 5.41) is 9.28. The van der Waals surface area contributed by atoms with E-state index in [1.165, 1.54) is 0 Å². The second kappa shape index (κ2) is 8.39. The van der Waals surface area contributed by atoms with E-state index in [9.17, 15) is 14.7 Å². The Bertz CT molecular complexity index is 688. The van der Waals surface area contributed by atoms with E-state index in [4.69, 9.17) is 9.47 Å². The van der Waals surface area contributed by atoms with Gasteiger partial charge in [-0.1, -0.05) is 24.3 Å². The quantitative estimate of drug-likeness (QED) is 0.830. The third-order valence-electron chi connectivity index (χ3n) is 4.21. The van der Waals surface area contributed by atoms with Gasteiger partial charge >= 0.3 is 12.2 Å². The molecule has 0 bridgehead atoms. The van der Waals surface area contributed by atoms with E-state index in [0.29, 0.717) is 19.6 Å². The number of benzene rings is 1. The maximum atomic E-state index is 12.8. The zero-order chi connectivity index (χ0) is 21.1. The normalized spacial score (nSPS) is 18.0. The minimum Gasteiger partial charge on any atom is -0.444 e. The molecule has 0 aliphatic carbocycles. The number of carbonyl (C=O) groups is 2. The molecule has 1 heterocycles. The highest BCUT2D eigenvalue weighted by atomic mass is 16.6. The molecular weight excluding hydrogens is 360 g/mol. The SMILES string of the molecule is CC(C)(C)OC(=O)N1CCN(C(=O)OC(C)(C)C)[C@H](c2ccc(CO)cc2)C1. The van der Waals surface area contributed by atoms with Crippen LogP contribution in [0.25, 0.3) is 0 Å². The number of ether oxygens (including phenoxy) is 2. The van der Waals surface area contributed by atoms with Gasteiger partial charge in [0.2, 0.25) is 0 Å². The van der Waals surface area contributed by atoms with E-state index in [-0.39, 0.29) is 12.6 Å². The van der Waals surface area contributed by atoms with E-state index in [1.807, 2.05) is 65.8 Å². The minimum absolute atomic E-state index is 0.0508. The van der Waals surface area contributed by atoms with Crippen LogP contribution in [0, 0.1) is 0 Å². The average molecular weight is 392 g/mol. The summed E-state index contributed by atoms with van der Waals surface area (Å²) in [6.45, 7) is 11.9. The fourth-order valence-corrected chi connectivity index (χ4v) is 2.94. The fourth-order valence-electron chi connectivity index (χ4n) is 2.94. The summed E-state index contributed by atoms with van der Waals surface area (Å²) in [5.41, 5.74) is 0.464. The predicted molar refractivity (Wildman–Crippen MR) is 106 cm³/mol. The van der Waals surface area contributed by atoms with Crippen molar-refractivity contribution in [2.45, 2.75) is 65.4 Å². The van der Waals surface area contributed by atoms with Gasteiger partial charge in [0, 0.05) is 19.6 Å².